The van der Waals surface area contributed by atoms with Crippen molar-refractivity contribution in [2.75, 3.05) is 13.2 Å². The summed E-state index contributed by atoms with van der Waals surface area (Å²) in [5.41, 5.74) is 5.26. The summed E-state index contributed by atoms with van der Waals surface area (Å²) in [7, 11) is 0. The maximum Gasteiger partial charge on any atom is 0.186 e. The van der Waals surface area contributed by atoms with Gasteiger partial charge in [-0.3, -0.25) is 4.99 Å². The van der Waals surface area contributed by atoms with Crippen molar-refractivity contribution in [2.45, 2.75) is 45.1 Å². The summed E-state index contributed by atoms with van der Waals surface area (Å²) in [5.74, 6) is 6.62. The van der Waals surface area contributed by atoms with Gasteiger partial charge < -0.3 is 9.67 Å². The van der Waals surface area contributed by atoms with E-state index in [9.17, 15) is 9.50 Å². The van der Waals surface area contributed by atoms with Crippen LogP contribution < -0.4 is 0 Å². The zero-order valence-electron chi connectivity index (χ0n) is 19.4. The summed E-state index contributed by atoms with van der Waals surface area (Å²) in [6.45, 7) is 1.56. The molecule has 1 aliphatic rings. The molecule has 1 N–H and O–H groups in total. The predicted molar refractivity (Wildman–Crippen MR) is 136 cm³/mol. The van der Waals surface area contributed by atoms with Gasteiger partial charge in [0, 0.05) is 31.3 Å². The minimum absolute atomic E-state index is 0.0203. The molecule has 34 heavy (non-hydrogen) atoms. The van der Waals surface area contributed by atoms with Gasteiger partial charge in [-0.1, -0.05) is 42.7 Å². The van der Waals surface area contributed by atoms with Gasteiger partial charge in [-0.15, -0.1) is 0 Å². The second kappa shape index (κ2) is 12.1. The zero-order chi connectivity index (χ0) is 23.6. The van der Waals surface area contributed by atoms with Gasteiger partial charge in [0.15, 0.2) is 5.82 Å². The molecule has 0 spiro atoms. The Kier molecular flexibility index (Phi) is 8.43. The molecule has 1 aromatic heterocycles. The molecule has 0 unspecified atom stereocenters. The SMILES string of the molecule is OCCC#Cc1nc(-c2ccc(F)cc2)c(C2=CC=NCC2)n1CCCCCc1ccccc1. The van der Waals surface area contributed by atoms with Gasteiger partial charge in [0.2, 0.25) is 0 Å². The average Bonchev–Trinajstić information content (AvgIpc) is 3.24. The molecule has 0 saturated heterocycles. The van der Waals surface area contributed by atoms with Gasteiger partial charge >= 0.3 is 0 Å². The van der Waals surface area contributed by atoms with E-state index in [1.165, 1.54) is 23.3 Å². The van der Waals surface area contributed by atoms with Crippen LogP contribution in [0.15, 0.2) is 65.7 Å². The van der Waals surface area contributed by atoms with Crippen LogP contribution in [0.5, 0.6) is 0 Å². The highest BCUT2D eigenvalue weighted by atomic mass is 19.1. The van der Waals surface area contributed by atoms with E-state index in [0.717, 1.165) is 62.1 Å². The fourth-order valence-electron chi connectivity index (χ4n) is 4.20. The molecule has 5 heteroatoms. The van der Waals surface area contributed by atoms with Crippen molar-refractivity contribution in [1.29, 1.82) is 0 Å². The molecule has 2 heterocycles. The highest BCUT2D eigenvalue weighted by molar-refractivity contribution is 5.89. The Morgan fingerprint density at radius 2 is 1.82 bits per heavy atom. The Labute approximate surface area is 200 Å². The molecule has 0 bridgehead atoms. The number of nitrogens with zero attached hydrogens (tertiary/aromatic N) is 3. The Morgan fingerprint density at radius 3 is 2.56 bits per heavy atom. The Morgan fingerprint density at radius 1 is 1.00 bits per heavy atom. The number of aliphatic imine (C=N–C) groups is 1. The summed E-state index contributed by atoms with van der Waals surface area (Å²) in [4.78, 5) is 9.25. The van der Waals surface area contributed by atoms with Gasteiger partial charge in [-0.2, -0.15) is 0 Å². The fourth-order valence-corrected chi connectivity index (χ4v) is 4.20. The number of halogens is 1. The summed E-state index contributed by atoms with van der Waals surface area (Å²) < 4.78 is 15.8. The molecule has 4 rings (SSSR count). The Hall–Kier alpha value is -3.49. The van der Waals surface area contributed by atoms with Crippen molar-refractivity contribution in [3.8, 4) is 23.1 Å². The lowest BCUT2D eigenvalue weighted by atomic mass is 10.0. The molecule has 174 valence electrons. The summed E-state index contributed by atoms with van der Waals surface area (Å²) in [6.07, 6.45) is 9.43. The lowest BCUT2D eigenvalue weighted by Crippen LogP contribution is -2.08. The fraction of sp³-hybridized carbons (Fsp3) is 0.310. The van der Waals surface area contributed by atoms with Crippen molar-refractivity contribution in [3.63, 3.8) is 0 Å². The van der Waals surface area contributed by atoms with E-state index in [2.05, 4.69) is 45.7 Å². The number of aliphatic hydroxyl groups is 1. The number of aromatic nitrogens is 2. The molecule has 4 nitrogen and oxygen atoms in total. The van der Waals surface area contributed by atoms with E-state index in [1.807, 2.05) is 18.4 Å². The normalized spacial score (nSPS) is 12.8. The molecule has 0 radical (unpaired) electrons. The van der Waals surface area contributed by atoms with Crippen molar-refractivity contribution in [2.24, 2.45) is 4.99 Å². The quantitative estimate of drug-likeness (QED) is 0.333. The number of imidazole rings is 1. The minimum atomic E-state index is -0.268. The van der Waals surface area contributed by atoms with Crippen molar-refractivity contribution in [3.05, 3.63) is 83.6 Å². The van der Waals surface area contributed by atoms with Crippen LogP contribution >= 0.6 is 0 Å². The van der Waals surface area contributed by atoms with Gasteiger partial charge in [0.05, 0.1) is 18.0 Å². The third-order valence-corrected chi connectivity index (χ3v) is 5.91. The first-order valence-corrected chi connectivity index (χ1v) is 12.0. The second-order valence-electron chi connectivity index (χ2n) is 8.36. The first kappa shape index (κ1) is 23.7. The molecule has 0 aliphatic carbocycles. The number of aliphatic hydroxyl groups excluding tert-OH is 1. The third kappa shape index (κ3) is 6.09. The maximum absolute atomic E-state index is 13.6. The van der Waals surface area contributed by atoms with E-state index >= 15 is 0 Å². The summed E-state index contributed by atoms with van der Waals surface area (Å²) in [6, 6.07) is 17.1. The largest absolute Gasteiger partial charge is 0.395 e. The van der Waals surface area contributed by atoms with Crippen LogP contribution in [0.4, 0.5) is 4.39 Å². The highest BCUT2D eigenvalue weighted by Crippen LogP contribution is 2.32. The lowest BCUT2D eigenvalue weighted by Gasteiger charge is -2.15. The smallest absolute Gasteiger partial charge is 0.186 e. The Balaban J connectivity index is 1.62. The average molecular weight is 456 g/mol. The molecule has 3 aromatic rings. The zero-order valence-corrected chi connectivity index (χ0v) is 19.4. The van der Waals surface area contributed by atoms with Gasteiger partial charge in [-0.25, -0.2) is 9.37 Å². The highest BCUT2D eigenvalue weighted by Gasteiger charge is 2.21. The summed E-state index contributed by atoms with van der Waals surface area (Å²) in [5, 5.41) is 9.19. The van der Waals surface area contributed by atoms with Crippen LogP contribution in [0.2, 0.25) is 0 Å². The first-order valence-electron chi connectivity index (χ1n) is 12.0. The number of aryl methyl sites for hydroxylation is 1. The molecule has 0 saturated carbocycles. The number of unbranched alkanes of at least 4 members (excludes halogenated alkanes) is 2. The van der Waals surface area contributed by atoms with Crippen molar-refractivity contribution >= 4 is 11.8 Å². The number of dihydropyridines is 1. The molecule has 0 fully saturated rings. The monoisotopic (exact) mass is 455 g/mol. The lowest BCUT2D eigenvalue weighted by molar-refractivity contribution is 0.305. The maximum atomic E-state index is 13.6. The van der Waals surface area contributed by atoms with Gasteiger partial charge in [0.25, 0.3) is 0 Å². The number of rotatable bonds is 9. The molecule has 1 aliphatic heterocycles. The van der Waals surface area contributed by atoms with Gasteiger partial charge in [0.1, 0.15) is 5.82 Å². The number of hydrogen-bond acceptors (Lipinski definition) is 3. The third-order valence-electron chi connectivity index (χ3n) is 5.91. The summed E-state index contributed by atoms with van der Waals surface area (Å²) >= 11 is 0. The molecular weight excluding hydrogens is 425 g/mol. The van der Waals surface area contributed by atoms with Crippen LogP contribution in [0, 0.1) is 17.7 Å². The van der Waals surface area contributed by atoms with Crippen molar-refractivity contribution in [1.82, 2.24) is 9.55 Å². The minimum Gasteiger partial charge on any atom is -0.395 e. The Bertz CT molecular complexity index is 1200. The molecular formula is C29H30FN3O. The van der Waals surface area contributed by atoms with E-state index < -0.39 is 0 Å². The first-order chi connectivity index (χ1) is 16.8. The molecule has 0 amide bonds. The van der Waals surface area contributed by atoms with E-state index in [0.29, 0.717) is 12.2 Å². The van der Waals surface area contributed by atoms with Gasteiger partial charge in [-0.05, 0) is 73.1 Å². The number of allylic oxidation sites excluding steroid dienone is 1. The predicted octanol–water partition coefficient (Wildman–Crippen LogP) is 5.69. The standard InChI is InChI=1S/C29H30FN3O/c30-26-15-13-24(14-16-26)28-29(25-17-19-31-20-18-25)33(27(32-28)12-6-8-22-34)21-7-2-5-11-23-9-3-1-4-10-23/h1,3-4,9-10,13-17,19,34H,2,5,7-8,11,18,20-22H2. The van der Waals surface area contributed by atoms with E-state index in [4.69, 9.17) is 4.98 Å². The molecule has 0 atom stereocenters. The number of benzene rings is 2. The number of hydrogen-bond donors (Lipinski definition) is 1. The molecule has 2 aromatic carbocycles. The van der Waals surface area contributed by atoms with Crippen LogP contribution in [0.3, 0.4) is 0 Å². The van der Waals surface area contributed by atoms with Crippen LogP contribution in [-0.2, 0) is 13.0 Å². The van der Waals surface area contributed by atoms with Crippen LogP contribution in [-0.4, -0.2) is 34.0 Å². The van der Waals surface area contributed by atoms with E-state index in [1.54, 1.807) is 12.1 Å². The second-order valence-corrected chi connectivity index (χ2v) is 8.36. The van der Waals surface area contributed by atoms with Crippen LogP contribution in [0.25, 0.3) is 16.8 Å². The van der Waals surface area contributed by atoms with Crippen LogP contribution in [0.1, 0.15) is 49.2 Å². The topological polar surface area (TPSA) is 50.4 Å². The van der Waals surface area contributed by atoms with Crippen molar-refractivity contribution < 1.29 is 9.50 Å². The van der Waals surface area contributed by atoms with E-state index in [-0.39, 0.29) is 12.4 Å².